The van der Waals surface area contributed by atoms with Gasteiger partial charge in [-0.3, -0.25) is 9.36 Å². The van der Waals surface area contributed by atoms with Crippen LogP contribution in [0.2, 0.25) is 0 Å². The lowest BCUT2D eigenvalue weighted by atomic mass is 10.1. The average molecular weight is 447 g/mol. The molecule has 1 amide bonds. The number of nitrogens with zero attached hydrogens (tertiary/aromatic N) is 5. The maximum atomic E-state index is 12.4. The van der Waals surface area contributed by atoms with E-state index in [4.69, 9.17) is 0 Å². The largest absolute Gasteiger partial charge is 0.341 e. The van der Waals surface area contributed by atoms with Gasteiger partial charge in [0, 0.05) is 25.3 Å². The Balaban J connectivity index is 1.47. The van der Waals surface area contributed by atoms with E-state index in [1.54, 1.807) is 24.3 Å². The molecule has 0 bridgehead atoms. The summed E-state index contributed by atoms with van der Waals surface area (Å²) in [6.07, 6.45) is 3.88. The van der Waals surface area contributed by atoms with Gasteiger partial charge in [0.25, 0.3) is 0 Å². The van der Waals surface area contributed by atoms with E-state index in [2.05, 4.69) is 62.2 Å². The predicted octanol–water partition coefficient (Wildman–Crippen LogP) is 4.56. The maximum absolute atomic E-state index is 12.4. The molecular weight excluding hydrogens is 420 g/mol. The summed E-state index contributed by atoms with van der Waals surface area (Å²) < 4.78 is 2.10. The van der Waals surface area contributed by atoms with Crippen LogP contribution in [-0.4, -0.2) is 39.5 Å². The third-order valence-corrected chi connectivity index (χ3v) is 6.36. The third kappa shape index (κ3) is 5.11. The number of para-hydroxylation sites is 1. The van der Waals surface area contributed by atoms with Crippen LogP contribution >= 0.6 is 11.8 Å². The number of hydrogen-bond donors (Lipinski definition) is 1. The van der Waals surface area contributed by atoms with Crippen molar-refractivity contribution in [1.29, 1.82) is 5.26 Å². The molecule has 0 unspecified atom stereocenters. The molecular formula is C24H26N6OS. The van der Waals surface area contributed by atoms with E-state index in [0.717, 1.165) is 42.7 Å². The lowest BCUT2D eigenvalue weighted by molar-refractivity contribution is -0.115. The first kappa shape index (κ1) is 21.9. The zero-order valence-corrected chi connectivity index (χ0v) is 18.9. The van der Waals surface area contributed by atoms with Crippen LogP contribution in [0.4, 0.5) is 11.6 Å². The van der Waals surface area contributed by atoms with E-state index in [1.807, 2.05) is 0 Å². The average Bonchev–Trinajstić information content (AvgIpc) is 3.24. The van der Waals surface area contributed by atoms with Crippen molar-refractivity contribution >= 4 is 29.3 Å². The zero-order chi connectivity index (χ0) is 22.3. The van der Waals surface area contributed by atoms with Crippen LogP contribution in [0.5, 0.6) is 0 Å². The Bertz CT molecular complexity index is 1110. The summed E-state index contributed by atoms with van der Waals surface area (Å²) in [6, 6.07) is 17.5. The number of amides is 1. The van der Waals surface area contributed by atoms with E-state index in [1.165, 1.54) is 23.7 Å². The van der Waals surface area contributed by atoms with E-state index < -0.39 is 0 Å². The highest BCUT2D eigenvalue weighted by Gasteiger charge is 2.21. The Morgan fingerprint density at radius 1 is 1.09 bits per heavy atom. The third-order valence-electron chi connectivity index (χ3n) is 5.43. The van der Waals surface area contributed by atoms with Crippen LogP contribution < -0.4 is 10.2 Å². The molecule has 1 aromatic heterocycles. The van der Waals surface area contributed by atoms with Crippen LogP contribution in [0, 0.1) is 18.3 Å². The zero-order valence-electron chi connectivity index (χ0n) is 18.1. The van der Waals surface area contributed by atoms with Gasteiger partial charge in [-0.15, -0.1) is 10.2 Å². The van der Waals surface area contributed by atoms with Gasteiger partial charge >= 0.3 is 0 Å². The fraction of sp³-hybridized carbons (Fsp3) is 0.333. The van der Waals surface area contributed by atoms with Crippen molar-refractivity contribution in [2.75, 3.05) is 29.1 Å². The predicted molar refractivity (Wildman–Crippen MR) is 127 cm³/mol. The van der Waals surface area contributed by atoms with Crippen molar-refractivity contribution < 1.29 is 4.79 Å². The molecule has 1 aliphatic rings. The first-order chi connectivity index (χ1) is 15.7. The summed E-state index contributed by atoms with van der Waals surface area (Å²) in [6.45, 7) is 4.03. The molecule has 0 spiro atoms. The van der Waals surface area contributed by atoms with Crippen molar-refractivity contribution in [3.05, 3.63) is 59.7 Å². The SMILES string of the molecule is Cc1ccc(-n2c(SCCC(=O)Nc3ccccc3C#N)nnc2N2CCCCC2)cc1. The Morgan fingerprint density at radius 3 is 2.59 bits per heavy atom. The molecule has 7 nitrogen and oxygen atoms in total. The summed E-state index contributed by atoms with van der Waals surface area (Å²) in [4.78, 5) is 14.7. The number of nitrogens with one attached hydrogen (secondary N) is 1. The molecule has 164 valence electrons. The van der Waals surface area contributed by atoms with Gasteiger partial charge in [0.2, 0.25) is 11.9 Å². The molecule has 32 heavy (non-hydrogen) atoms. The lowest BCUT2D eigenvalue weighted by Gasteiger charge is -2.27. The maximum Gasteiger partial charge on any atom is 0.232 e. The van der Waals surface area contributed by atoms with Crippen LogP contribution in [0.1, 0.15) is 36.8 Å². The number of benzene rings is 2. The number of aromatic nitrogens is 3. The molecule has 3 aromatic rings. The lowest BCUT2D eigenvalue weighted by Crippen LogP contribution is -2.31. The molecule has 8 heteroatoms. The van der Waals surface area contributed by atoms with Crippen LogP contribution in [0.3, 0.4) is 0 Å². The van der Waals surface area contributed by atoms with E-state index >= 15 is 0 Å². The second-order valence-electron chi connectivity index (χ2n) is 7.81. The molecule has 1 N–H and O–H groups in total. The Kier molecular flexibility index (Phi) is 7.07. The standard InChI is InChI=1S/C24H26N6OS/c1-18-9-11-20(12-10-18)30-23(29-14-5-2-6-15-29)27-28-24(30)32-16-13-22(31)26-21-8-4-3-7-19(21)17-25/h3-4,7-12H,2,5-6,13-16H2,1H3,(H,26,31). The number of carbonyl (C=O) groups is 1. The Morgan fingerprint density at radius 2 is 1.84 bits per heavy atom. The number of thioether (sulfide) groups is 1. The van der Waals surface area contributed by atoms with Gasteiger partial charge in [0.1, 0.15) is 6.07 Å². The minimum absolute atomic E-state index is 0.127. The number of nitriles is 1. The Labute approximate surface area is 192 Å². The second-order valence-corrected chi connectivity index (χ2v) is 8.87. The smallest absolute Gasteiger partial charge is 0.232 e. The summed E-state index contributed by atoms with van der Waals surface area (Å²) >= 11 is 1.52. The van der Waals surface area contributed by atoms with Gasteiger partial charge in [-0.05, 0) is 50.5 Å². The molecule has 0 radical (unpaired) electrons. The van der Waals surface area contributed by atoms with Gasteiger partial charge in [-0.1, -0.05) is 41.6 Å². The highest BCUT2D eigenvalue weighted by Crippen LogP contribution is 2.29. The summed E-state index contributed by atoms with van der Waals surface area (Å²) in [5, 5.41) is 21.8. The molecule has 0 atom stereocenters. The van der Waals surface area contributed by atoms with Crippen molar-refractivity contribution in [3.63, 3.8) is 0 Å². The van der Waals surface area contributed by atoms with Crippen molar-refractivity contribution in [2.45, 2.75) is 37.8 Å². The first-order valence-corrected chi connectivity index (χ1v) is 11.8. The molecule has 4 rings (SSSR count). The monoisotopic (exact) mass is 446 g/mol. The fourth-order valence-corrected chi connectivity index (χ4v) is 4.60. The Hall–Kier alpha value is -3.31. The summed E-state index contributed by atoms with van der Waals surface area (Å²) in [7, 11) is 0. The van der Waals surface area contributed by atoms with E-state index in [0.29, 0.717) is 23.4 Å². The number of anilines is 2. The number of hydrogen-bond acceptors (Lipinski definition) is 6. The van der Waals surface area contributed by atoms with Crippen LogP contribution in [0.15, 0.2) is 53.7 Å². The number of carbonyl (C=O) groups excluding carboxylic acids is 1. The number of aryl methyl sites for hydroxylation is 1. The van der Waals surface area contributed by atoms with Gasteiger partial charge < -0.3 is 10.2 Å². The quantitative estimate of drug-likeness (QED) is 0.536. The molecule has 2 heterocycles. The van der Waals surface area contributed by atoms with Gasteiger partial charge in [-0.2, -0.15) is 5.26 Å². The van der Waals surface area contributed by atoms with Crippen molar-refractivity contribution in [1.82, 2.24) is 14.8 Å². The normalized spacial score (nSPS) is 13.6. The summed E-state index contributed by atoms with van der Waals surface area (Å²) in [5.74, 6) is 1.30. The molecule has 1 aliphatic heterocycles. The van der Waals surface area contributed by atoms with Crippen molar-refractivity contribution in [2.24, 2.45) is 0 Å². The van der Waals surface area contributed by atoms with E-state index in [-0.39, 0.29) is 5.91 Å². The van der Waals surface area contributed by atoms with Crippen molar-refractivity contribution in [3.8, 4) is 11.8 Å². The minimum atomic E-state index is -0.127. The molecule has 1 saturated heterocycles. The topological polar surface area (TPSA) is 86.8 Å². The van der Waals surface area contributed by atoms with Gasteiger partial charge in [0.15, 0.2) is 5.16 Å². The molecule has 1 fully saturated rings. The van der Waals surface area contributed by atoms with Crippen LogP contribution in [0.25, 0.3) is 5.69 Å². The molecule has 0 saturated carbocycles. The van der Waals surface area contributed by atoms with Gasteiger partial charge in [-0.25, -0.2) is 0 Å². The highest BCUT2D eigenvalue weighted by molar-refractivity contribution is 7.99. The molecule has 0 aliphatic carbocycles. The number of piperidine rings is 1. The van der Waals surface area contributed by atoms with E-state index in [9.17, 15) is 10.1 Å². The fourth-order valence-electron chi connectivity index (χ4n) is 3.71. The second kappa shape index (κ2) is 10.3. The highest BCUT2D eigenvalue weighted by atomic mass is 32.2. The molecule has 2 aromatic carbocycles. The minimum Gasteiger partial charge on any atom is -0.341 e. The summed E-state index contributed by atoms with van der Waals surface area (Å²) in [5.41, 5.74) is 3.22. The first-order valence-electron chi connectivity index (χ1n) is 10.8. The van der Waals surface area contributed by atoms with Crippen LogP contribution in [-0.2, 0) is 4.79 Å². The number of rotatable bonds is 7. The van der Waals surface area contributed by atoms with Gasteiger partial charge in [0.05, 0.1) is 16.9 Å².